The summed E-state index contributed by atoms with van der Waals surface area (Å²) in [6.45, 7) is 7.89. The van der Waals surface area contributed by atoms with Gasteiger partial charge in [0.15, 0.2) is 0 Å². The van der Waals surface area contributed by atoms with Crippen LogP contribution in [0.3, 0.4) is 0 Å². The summed E-state index contributed by atoms with van der Waals surface area (Å²) in [5.41, 5.74) is 1.19. The minimum atomic E-state index is 0.848. The first-order chi connectivity index (χ1) is 9.35. The van der Waals surface area contributed by atoms with Crippen LogP contribution in [0.15, 0.2) is 24.4 Å². The van der Waals surface area contributed by atoms with Gasteiger partial charge in [0.2, 0.25) is 0 Å². The fraction of sp³-hybridized carbons (Fsp3) is 0.667. The van der Waals surface area contributed by atoms with Crippen LogP contribution in [-0.2, 0) is 11.3 Å². The molecule has 3 heterocycles. The second kappa shape index (κ2) is 5.99. The highest BCUT2D eigenvalue weighted by atomic mass is 16.5. The van der Waals surface area contributed by atoms with Gasteiger partial charge in [-0.1, -0.05) is 6.07 Å². The van der Waals surface area contributed by atoms with Crippen molar-refractivity contribution in [3.05, 3.63) is 30.1 Å². The van der Waals surface area contributed by atoms with Gasteiger partial charge in [-0.2, -0.15) is 0 Å². The lowest BCUT2D eigenvalue weighted by Gasteiger charge is -2.20. The molecular weight excluding hydrogens is 238 g/mol. The zero-order chi connectivity index (χ0) is 13.1. The summed E-state index contributed by atoms with van der Waals surface area (Å²) in [5, 5.41) is 0. The molecule has 19 heavy (non-hydrogen) atoms. The van der Waals surface area contributed by atoms with Crippen LogP contribution < -0.4 is 0 Å². The van der Waals surface area contributed by atoms with Crippen LogP contribution in [0.1, 0.15) is 5.69 Å². The minimum Gasteiger partial charge on any atom is -0.383 e. The Morgan fingerprint density at radius 3 is 2.53 bits per heavy atom. The fourth-order valence-corrected chi connectivity index (χ4v) is 3.44. The molecule has 0 radical (unpaired) electrons. The largest absolute Gasteiger partial charge is 0.383 e. The van der Waals surface area contributed by atoms with E-state index in [9.17, 15) is 0 Å². The van der Waals surface area contributed by atoms with Crippen LogP contribution in [0.4, 0.5) is 0 Å². The lowest BCUT2D eigenvalue weighted by molar-refractivity contribution is 0.152. The Labute approximate surface area is 115 Å². The molecule has 0 bridgehead atoms. The van der Waals surface area contributed by atoms with E-state index >= 15 is 0 Å². The van der Waals surface area contributed by atoms with Crippen LogP contribution >= 0.6 is 0 Å². The van der Waals surface area contributed by atoms with Crippen molar-refractivity contribution in [1.82, 2.24) is 14.8 Å². The Morgan fingerprint density at radius 2 is 1.89 bits per heavy atom. The third-order valence-electron chi connectivity index (χ3n) is 4.36. The summed E-state index contributed by atoms with van der Waals surface area (Å²) in [6, 6.07) is 6.18. The van der Waals surface area contributed by atoms with Crippen LogP contribution in [0.5, 0.6) is 0 Å². The molecule has 2 aliphatic heterocycles. The Hall–Kier alpha value is -0.970. The van der Waals surface area contributed by atoms with Gasteiger partial charge >= 0.3 is 0 Å². The summed E-state index contributed by atoms with van der Waals surface area (Å²) < 4.78 is 5.17. The standard InChI is InChI=1S/C15H23N3O/c1-19-7-6-17-8-13-10-18(11-14(13)9-17)12-15-4-2-3-5-16-15/h2-5,13-14H,6-12H2,1H3/t13-,14+. The molecule has 4 nitrogen and oxygen atoms in total. The molecular formula is C15H23N3O. The predicted octanol–water partition coefficient (Wildman–Crippen LogP) is 1.09. The number of likely N-dealkylation sites (tertiary alicyclic amines) is 2. The highest BCUT2D eigenvalue weighted by Gasteiger charge is 2.39. The summed E-state index contributed by atoms with van der Waals surface area (Å²) in [4.78, 5) is 9.54. The average molecular weight is 261 g/mol. The molecule has 0 N–H and O–H groups in total. The van der Waals surface area contributed by atoms with E-state index in [1.54, 1.807) is 7.11 Å². The van der Waals surface area contributed by atoms with E-state index < -0.39 is 0 Å². The third-order valence-corrected chi connectivity index (χ3v) is 4.36. The van der Waals surface area contributed by atoms with Gasteiger partial charge in [0, 0.05) is 52.6 Å². The normalized spacial score (nSPS) is 27.8. The van der Waals surface area contributed by atoms with Crippen molar-refractivity contribution < 1.29 is 4.74 Å². The molecule has 1 aromatic heterocycles. The highest BCUT2D eigenvalue weighted by molar-refractivity contribution is 5.04. The molecule has 104 valence electrons. The van der Waals surface area contributed by atoms with Crippen LogP contribution in [0, 0.1) is 11.8 Å². The lowest BCUT2D eigenvalue weighted by Crippen LogP contribution is -2.30. The maximum absolute atomic E-state index is 5.17. The lowest BCUT2D eigenvalue weighted by atomic mass is 10.0. The highest BCUT2D eigenvalue weighted by Crippen LogP contribution is 2.31. The molecule has 0 unspecified atom stereocenters. The second-order valence-corrected chi connectivity index (χ2v) is 5.79. The van der Waals surface area contributed by atoms with Crippen molar-refractivity contribution >= 4 is 0 Å². The van der Waals surface area contributed by atoms with Gasteiger partial charge in [0.1, 0.15) is 0 Å². The summed E-state index contributed by atoms with van der Waals surface area (Å²) >= 11 is 0. The third kappa shape index (κ3) is 3.14. The number of aromatic nitrogens is 1. The summed E-state index contributed by atoms with van der Waals surface area (Å²) in [6.07, 6.45) is 1.89. The van der Waals surface area contributed by atoms with Gasteiger partial charge in [-0.25, -0.2) is 0 Å². The molecule has 1 aromatic rings. The number of nitrogens with zero attached hydrogens (tertiary/aromatic N) is 3. The van der Waals surface area contributed by atoms with Gasteiger partial charge in [-0.15, -0.1) is 0 Å². The van der Waals surface area contributed by atoms with Crippen molar-refractivity contribution in [2.45, 2.75) is 6.54 Å². The first-order valence-corrected chi connectivity index (χ1v) is 7.18. The molecule has 0 amide bonds. The van der Waals surface area contributed by atoms with Crippen molar-refractivity contribution in [3.63, 3.8) is 0 Å². The first-order valence-electron chi connectivity index (χ1n) is 7.18. The van der Waals surface area contributed by atoms with E-state index in [1.165, 1.54) is 31.9 Å². The average Bonchev–Trinajstić information content (AvgIpc) is 2.95. The predicted molar refractivity (Wildman–Crippen MR) is 74.8 cm³/mol. The number of ether oxygens (including phenoxy) is 1. The zero-order valence-electron chi connectivity index (χ0n) is 11.7. The quantitative estimate of drug-likeness (QED) is 0.793. The number of fused-ring (bicyclic) bond motifs is 1. The van der Waals surface area contributed by atoms with Crippen LogP contribution in [0.25, 0.3) is 0 Å². The Bertz CT molecular complexity index is 384. The van der Waals surface area contributed by atoms with Crippen molar-refractivity contribution in [2.24, 2.45) is 11.8 Å². The first kappa shape index (κ1) is 13.0. The van der Waals surface area contributed by atoms with Gasteiger partial charge < -0.3 is 9.64 Å². The molecule has 2 atom stereocenters. The van der Waals surface area contributed by atoms with E-state index in [1.807, 2.05) is 12.3 Å². The van der Waals surface area contributed by atoms with Crippen LogP contribution in [0.2, 0.25) is 0 Å². The molecule has 4 heteroatoms. The molecule has 2 saturated heterocycles. The summed E-state index contributed by atoms with van der Waals surface area (Å²) in [5.74, 6) is 1.70. The van der Waals surface area contributed by atoms with Gasteiger partial charge in [-0.05, 0) is 24.0 Å². The number of hydrogen-bond donors (Lipinski definition) is 0. The second-order valence-electron chi connectivity index (χ2n) is 5.79. The number of methoxy groups -OCH3 is 1. The van der Waals surface area contributed by atoms with E-state index in [2.05, 4.69) is 26.9 Å². The van der Waals surface area contributed by atoms with E-state index in [0.29, 0.717) is 0 Å². The maximum Gasteiger partial charge on any atom is 0.0589 e. The van der Waals surface area contributed by atoms with E-state index in [-0.39, 0.29) is 0 Å². The Balaban J connectivity index is 1.48. The monoisotopic (exact) mass is 261 g/mol. The number of pyridine rings is 1. The van der Waals surface area contributed by atoms with Crippen molar-refractivity contribution in [2.75, 3.05) is 46.4 Å². The molecule has 2 aliphatic rings. The fourth-order valence-electron chi connectivity index (χ4n) is 3.44. The van der Waals surface area contributed by atoms with Gasteiger partial charge in [-0.3, -0.25) is 9.88 Å². The number of hydrogen-bond acceptors (Lipinski definition) is 4. The molecule has 3 rings (SSSR count). The topological polar surface area (TPSA) is 28.6 Å². The molecule has 0 aliphatic carbocycles. The van der Waals surface area contributed by atoms with E-state index in [4.69, 9.17) is 4.74 Å². The number of rotatable bonds is 5. The summed E-state index contributed by atoms with van der Waals surface area (Å²) in [7, 11) is 1.78. The van der Waals surface area contributed by atoms with Gasteiger partial charge in [0.05, 0.1) is 12.3 Å². The SMILES string of the molecule is COCCN1C[C@@H]2CN(Cc3ccccn3)C[C@@H]2C1. The Kier molecular flexibility index (Phi) is 4.11. The molecule has 2 fully saturated rings. The maximum atomic E-state index is 5.17. The van der Waals surface area contributed by atoms with E-state index in [0.717, 1.165) is 31.5 Å². The zero-order valence-corrected chi connectivity index (χ0v) is 11.7. The molecule has 0 spiro atoms. The molecule has 0 aromatic carbocycles. The van der Waals surface area contributed by atoms with Gasteiger partial charge in [0.25, 0.3) is 0 Å². The molecule has 0 saturated carbocycles. The Morgan fingerprint density at radius 1 is 1.16 bits per heavy atom. The minimum absolute atomic E-state index is 0.848. The van der Waals surface area contributed by atoms with Crippen molar-refractivity contribution in [3.8, 4) is 0 Å². The van der Waals surface area contributed by atoms with Crippen LogP contribution in [-0.4, -0.2) is 61.2 Å². The smallest absolute Gasteiger partial charge is 0.0589 e. The van der Waals surface area contributed by atoms with Crippen molar-refractivity contribution in [1.29, 1.82) is 0 Å².